The molecule has 2 nitrogen and oxygen atoms in total. The zero-order valence-corrected chi connectivity index (χ0v) is 5.88. The zero-order chi connectivity index (χ0) is 7.98. The van der Waals surface area contributed by atoms with Crippen LogP contribution < -0.4 is 11.5 Å². The summed E-state index contributed by atoms with van der Waals surface area (Å²) in [6.45, 7) is 6.95. The van der Waals surface area contributed by atoms with Crippen molar-refractivity contribution in [3.63, 3.8) is 0 Å². The van der Waals surface area contributed by atoms with Gasteiger partial charge >= 0.3 is 0 Å². The Kier molecular flexibility index (Phi) is 3.80. The van der Waals surface area contributed by atoms with Crippen molar-refractivity contribution in [2.45, 2.75) is 0 Å². The molecular formula is C8H12N2. The molecule has 0 saturated carbocycles. The van der Waals surface area contributed by atoms with Crippen LogP contribution in [0.5, 0.6) is 0 Å². The van der Waals surface area contributed by atoms with E-state index in [0.29, 0.717) is 11.4 Å². The fourth-order valence-electron chi connectivity index (χ4n) is 0.436. The molecule has 0 atom stereocenters. The van der Waals surface area contributed by atoms with E-state index < -0.39 is 0 Å². The summed E-state index contributed by atoms with van der Waals surface area (Å²) in [6.07, 6.45) is 6.41. The molecule has 2 heteroatoms. The lowest BCUT2D eigenvalue weighted by Crippen LogP contribution is -1.98. The number of rotatable bonds is 3. The molecule has 0 unspecified atom stereocenters. The van der Waals surface area contributed by atoms with Crippen molar-refractivity contribution in [1.29, 1.82) is 0 Å². The number of allylic oxidation sites excluding steroid dienone is 4. The van der Waals surface area contributed by atoms with Gasteiger partial charge in [0.05, 0.1) is 0 Å². The Hall–Kier alpha value is -1.44. The first-order chi connectivity index (χ1) is 4.70. The summed E-state index contributed by atoms with van der Waals surface area (Å²) in [5.74, 6) is 0. The van der Waals surface area contributed by atoms with Gasteiger partial charge in [0.1, 0.15) is 0 Å². The van der Waals surface area contributed by atoms with Crippen molar-refractivity contribution in [3.8, 4) is 0 Å². The molecule has 0 amide bonds. The summed E-state index contributed by atoms with van der Waals surface area (Å²) in [5, 5.41) is 0. The van der Waals surface area contributed by atoms with Gasteiger partial charge in [0.25, 0.3) is 0 Å². The first-order valence-corrected chi connectivity index (χ1v) is 2.88. The van der Waals surface area contributed by atoms with Gasteiger partial charge in [-0.05, 0) is 18.2 Å². The SMILES string of the molecule is C=C/C=C(N)\C=C(\N)C=C. The predicted molar refractivity (Wildman–Crippen MR) is 44.9 cm³/mol. The van der Waals surface area contributed by atoms with E-state index in [2.05, 4.69) is 13.2 Å². The van der Waals surface area contributed by atoms with Crippen molar-refractivity contribution in [2.75, 3.05) is 0 Å². The van der Waals surface area contributed by atoms with Crippen molar-refractivity contribution in [1.82, 2.24) is 0 Å². The monoisotopic (exact) mass is 136 g/mol. The van der Waals surface area contributed by atoms with E-state index in [1.807, 2.05) is 0 Å². The second-order valence-corrected chi connectivity index (χ2v) is 1.75. The molecule has 10 heavy (non-hydrogen) atoms. The fraction of sp³-hybridized carbons (Fsp3) is 0. The molecule has 0 aliphatic carbocycles. The molecule has 0 fully saturated rings. The molecule has 0 heterocycles. The maximum atomic E-state index is 5.45. The standard InChI is InChI=1S/C8H12N2/c1-3-5-8(10)6-7(9)4-2/h3-6H,1-2,9-10H2/b7-6+,8-5+. The minimum atomic E-state index is 0.551. The summed E-state index contributed by atoms with van der Waals surface area (Å²) < 4.78 is 0. The Bertz CT molecular complexity index is 187. The Morgan fingerprint density at radius 1 is 1.10 bits per heavy atom. The summed E-state index contributed by atoms with van der Waals surface area (Å²) in [7, 11) is 0. The van der Waals surface area contributed by atoms with Gasteiger partial charge in [-0.2, -0.15) is 0 Å². The number of hydrogen-bond donors (Lipinski definition) is 2. The van der Waals surface area contributed by atoms with Crippen LogP contribution in [0.3, 0.4) is 0 Å². The van der Waals surface area contributed by atoms with Crippen LogP contribution in [-0.4, -0.2) is 0 Å². The largest absolute Gasteiger partial charge is 0.399 e. The molecule has 0 radical (unpaired) electrons. The lowest BCUT2D eigenvalue weighted by Gasteiger charge is -1.91. The molecule has 0 saturated heterocycles. The van der Waals surface area contributed by atoms with E-state index in [9.17, 15) is 0 Å². The molecule has 0 aromatic heterocycles. The second-order valence-electron chi connectivity index (χ2n) is 1.75. The van der Waals surface area contributed by atoms with E-state index >= 15 is 0 Å². The van der Waals surface area contributed by atoms with Gasteiger partial charge in [-0.15, -0.1) is 0 Å². The van der Waals surface area contributed by atoms with E-state index in [1.54, 1.807) is 18.2 Å². The van der Waals surface area contributed by atoms with Crippen LogP contribution in [0.1, 0.15) is 0 Å². The highest BCUT2D eigenvalue weighted by atomic mass is 14.6. The van der Waals surface area contributed by atoms with Gasteiger partial charge in [-0.25, -0.2) is 0 Å². The predicted octanol–water partition coefficient (Wildman–Crippen LogP) is 1.04. The summed E-state index contributed by atoms with van der Waals surface area (Å²) >= 11 is 0. The average molecular weight is 136 g/mol. The summed E-state index contributed by atoms with van der Waals surface area (Å²) in [6, 6.07) is 0. The first kappa shape index (κ1) is 8.56. The van der Waals surface area contributed by atoms with Crippen molar-refractivity contribution < 1.29 is 0 Å². The maximum Gasteiger partial charge on any atom is 0.0334 e. The van der Waals surface area contributed by atoms with Crippen molar-refractivity contribution in [2.24, 2.45) is 11.5 Å². The van der Waals surface area contributed by atoms with Crippen LogP contribution >= 0.6 is 0 Å². The maximum absolute atomic E-state index is 5.45. The molecular weight excluding hydrogens is 124 g/mol. The van der Waals surface area contributed by atoms with Gasteiger partial charge in [0, 0.05) is 11.4 Å². The average Bonchev–Trinajstić information content (AvgIpc) is 1.88. The zero-order valence-electron chi connectivity index (χ0n) is 5.88. The lowest BCUT2D eigenvalue weighted by molar-refractivity contribution is 1.34. The summed E-state index contributed by atoms with van der Waals surface area (Å²) in [4.78, 5) is 0. The molecule has 0 aliphatic rings. The van der Waals surface area contributed by atoms with E-state index in [0.717, 1.165) is 0 Å². The third-order valence-electron chi connectivity index (χ3n) is 0.879. The topological polar surface area (TPSA) is 52.0 Å². The Morgan fingerprint density at radius 3 is 2.10 bits per heavy atom. The van der Waals surface area contributed by atoms with Gasteiger partial charge < -0.3 is 11.5 Å². The third-order valence-corrected chi connectivity index (χ3v) is 0.879. The lowest BCUT2D eigenvalue weighted by atomic mass is 10.3. The molecule has 0 bridgehead atoms. The van der Waals surface area contributed by atoms with Crippen molar-refractivity contribution >= 4 is 0 Å². The van der Waals surface area contributed by atoms with E-state index in [-0.39, 0.29) is 0 Å². The highest BCUT2D eigenvalue weighted by Gasteiger charge is 1.81. The Balaban J connectivity index is 4.24. The highest BCUT2D eigenvalue weighted by molar-refractivity contribution is 5.26. The Labute approximate surface area is 61.2 Å². The van der Waals surface area contributed by atoms with Gasteiger partial charge in [-0.1, -0.05) is 19.2 Å². The minimum Gasteiger partial charge on any atom is -0.399 e. The first-order valence-electron chi connectivity index (χ1n) is 2.88. The second kappa shape index (κ2) is 4.44. The quantitative estimate of drug-likeness (QED) is 0.569. The van der Waals surface area contributed by atoms with Crippen LogP contribution in [0.25, 0.3) is 0 Å². The normalized spacial score (nSPS) is 12.8. The van der Waals surface area contributed by atoms with Gasteiger partial charge in [0.15, 0.2) is 0 Å². The fourth-order valence-corrected chi connectivity index (χ4v) is 0.436. The number of hydrogen-bond acceptors (Lipinski definition) is 2. The molecule has 0 aromatic carbocycles. The van der Waals surface area contributed by atoms with Crippen LogP contribution in [0, 0.1) is 0 Å². The molecule has 4 N–H and O–H groups in total. The Morgan fingerprint density at radius 2 is 1.70 bits per heavy atom. The van der Waals surface area contributed by atoms with Crippen LogP contribution in [-0.2, 0) is 0 Å². The van der Waals surface area contributed by atoms with Crippen LogP contribution in [0.15, 0.2) is 48.9 Å². The number of nitrogens with two attached hydrogens (primary N) is 2. The van der Waals surface area contributed by atoms with E-state index in [1.165, 1.54) is 6.08 Å². The molecule has 54 valence electrons. The molecule has 0 aromatic rings. The van der Waals surface area contributed by atoms with Crippen LogP contribution in [0.4, 0.5) is 0 Å². The molecule has 0 rings (SSSR count). The highest BCUT2D eigenvalue weighted by Crippen LogP contribution is 1.91. The molecule has 0 spiro atoms. The van der Waals surface area contributed by atoms with Gasteiger partial charge in [-0.3, -0.25) is 0 Å². The van der Waals surface area contributed by atoms with Crippen LogP contribution in [0.2, 0.25) is 0 Å². The smallest absolute Gasteiger partial charge is 0.0334 e. The minimum absolute atomic E-state index is 0.551. The van der Waals surface area contributed by atoms with E-state index in [4.69, 9.17) is 11.5 Å². The summed E-state index contributed by atoms with van der Waals surface area (Å²) in [5.41, 5.74) is 12.0. The van der Waals surface area contributed by atoms with Gasteiger partial charge in [0.2, 0.25) is 0 Å². The van der Waals surface area contributed by atoms with Crippen molar-refractivity contribution in [3.05, 3.63) is 48.9 Å². The molecule has 0 aliphatic heterocycles. The third kappa shape index (κ3) is 3.55.